The Morgan fingerprint density at radius 3 is 3.10 bits per heavy atom. The second-order valence-electron chi connectivity index (χ2n) is 2.09. The Hall–Kier alpha value is -1.09. The molecule has 1 aromatic rings. The Kier molecular flexibility index (Phi) is 2.23. The number of aromatic amines is 1. The molecular formula is C7H11N3. The van der Waals surface area contributed by atoms with Gasteiger partial charge in [-0.2, -0.15) is 5.10 Å². The molecule has 0 fully saturated rings. The highest BCUT2D eigenvalue weighted by atomic mass is 15.1. The van der Waals surface area contributed by atoms with Gasteiger partial charge in [0.2, 0.25) is 0 Å². The highest BCUT2D eigenvalue weighted by Crippen LogP contribution is 2.03. The number of hydrogen-bond acceptors (Lipinski definition) is 2. The zero-order valence-electron chi connectivity index (χ0n) is 5.96. The fourth-order valence-electron chi connectivity index (χ4n) is 0.723. The van der Waals surface area contributed by atoms with E-state index in [9.17, 15) is 0 Å². The van der Waals surface area contributed by atoms with Crippen molar-refractivity contribution in [1.29, 1.82) is 0 Å². The van der Waals surface area contributed by atoms with Crippen molar-refractivity contribution in [2.75, 3.05) is 6.54 Å². The minimum Gasteiger partial charge on any atom is -0.327 e. The molecule has 0 amide bonds. The van der Waals surface area contributed by atoms with Crippen molar-refractivity contribution < 1.29 is 0 Å². The van der Waals surface area contributed by atoms with Crippen LogP contribution in [0.3, 0.4) is 0 Å². The highest BCUT2D eigenvalue weighted by molar-refractivity contribution is 5.50. The molecule has 54 valence electrons. The predicted octanol–water partition coefficient (Wildman–Crippen LogP) is 0.690. The van der Waals surface area contributed by atoms with Gasteiger partial charge in [0, 0.05) is 17.8 Å². The summed E-state index contributed by atoms with van der Waals surface area (Å²) in [6.07, 6.45) is 5.64. The Morgan fingerprint density at radius 2 is 2.60 bits per heavy atom. The molecule has 1 rings (SSSR count). The smallest absolute Gasteiger partial charge is 0.0562 e. The van der Waals surface area contributed by atoms with Gasteiger partial charge in [0.1, 0.15) is 0 Å². The first-order valence-corrected chi connectivity index (χ1v) is 3.21. The molecule has 0 aliphatic heterocycles. The van der Waals surface area contributed by atoms with Gasteiger partial charge in [-0.25, -0.2) is 0 Å². The highest BCUT2D eigenvalue weighted by Gasteiger charge is 1.91. The topological polar surface area (TPSA) is 54.7 Å². The van der Waals surface area contributed by atoms with Crippen molar-refractivity contribution >= 4 is 6.08 Å². The van der Waals surface area contributed by atoms with Crippen LogP contribution in [0.15, 0.2) is 12.3 Å². The SMILES string of the molecule is Cc1[nH]ncc1C=CCN. The van der Waals surface area contributed by atoms with E-state index >= 15 is 0 Å². The van der Waals surface area contributed by atoms with Gasteiger partial charge >= 0.3 is 0 Å². The van der Waals surface area contributed by atoms with E-state index in [4.69, 9.17) is 5.73 Å². The molecule has 1 aromatic heterocycles. The van der Waals surface area contributed by atoms with Gasteiger partial charge in [-0.05, 0) is 6.92 Å². The second-order valence-corrected chi connectivity index (χ2v) is 2.09. The van der Waals surface area contributed by atoms with E-state index < -0.39 is 0 Å². The molecule has 0 unspecified atom stereocenters. The van der Waals surface area contributed by atoms with E-state index in [2.05, 4.69) is 10.2 Å². The van der Waals surface area contributed by atoms with Crippen molar-refractivity contribution in [3.05, 3.63) is 23.5 Å². The summed E-state index contributed by atoms with van der Waals surface area (Å²) >= 11 is 0. The molecule has 3 heteroatoms. The lowest BCUT2D eigenvalue weighted by Gasteiger charge is -1.85. The molecule has 0 aliphatic carbocycles. The predicted molar refractivity (Wildman–Crippen MR) is 41.4 cm³/mol. The number of nitrogens with one attached hydrogen (secondary N) is 1. The molecule has 3 nitrogen and oxygen atoms in total. The molecule has 0 aliphatic rings. The van der Waals surface area contributed by atoms with Gasteiger partial charge in [0.05, 0.1) is 6.20 Å². The summed E-state index contributed by atoms with van der Waals surface area (Å²) in [7, 11) is 0. The van der Waals surface area contributed by atoms with Crippen LogP contribution >= 0.6 is 0 Å². The molecule has 0 saturated heterocycles. The number of aromatic nitrogens is 2. The van der Waals surface area contributed by atoms with Crippen LogP contribution in [0, 0.1) is 6.92 Å². The summed E-state index contributed by atoms with van der Waals surface area (Å²) < 4.78 is 0. The monoisotopic (exact) mass is 137 g/mol. The first-order valence-electron chi connectivity index (χ1n) is 3.21. The number of aryl methyl sites for hydroxylation is 1. The lowest BCUT2D eigenvalue weighted by atomic mass is 10.2. The van der Waals surface area contributed by atoms with Gasteiger partial charge in [0.15, 0.2) is 0 Å². The number of hydrogen-bond donors (Lipinski definition) is 2. The maximum atomic E-state index is 5.28. The lowest BCUT2D eigenvalue weighted by molar-refractivity contribution is 1.05. The number of nitrogens with zero attached hydrogens (tertiary/aromatic N) is 1. The summed E-state index contributed by atoms with van der Waals surface area (Å²) in [5.41, 5.74) is 7.45. The molecule has 0 bridgehead atoms. The molecule has 0 aromatic carbocycles. The third-order valence-corrected chi connectivity index (χ3v) is 1.30. The van der Waals surface area contributed by atoms with Gasteiger partial charge in [-0.3, -0.25) is 5.10 Å². The summed E-state index contributed by atoms with van der Waals surface area (Å²) in [4.78, 5) is 0. The maximum Gasteiger partial charge on any atom is 0.0562 e. The summed E-state index contributed by atoms with van der Waals surface area (Å²) in [5.74, 6) is 0. The fraction of sp³-hybridized carbons (Fsp3) is 0.286. The van der Waals surface area contributed by atoms with Gasteiger partial charge in [-0.15, -0.1) is 0 Å². The van der Waals surface area contributed by atoms with Crippen LogP contribution in [0.5, 0.6) is 0 Å². The molecule has 0 atom stereocenters. The second kappa shape index (κ2) is 3.17. The number of rotatable bonds is 2. The average molecular weight is 137 g/mol. The van der Waals surface area contributed by atoms with E-state index in [1.165, 1.54) is 0 Å². The van der Waals surface area contributed by atoms with Gasteiger partial charge in [0.25, 0.3) is 0 Å². The van der Waals surface area contributed by atoms with Crippen LogP contribution in [0.25, 0.3) is 6.08 Å². The van der Waals surface area contributed by atoms with Crippen LogP contribution in [0.2, 0.25) is 0 Å². The third kappa shape index (κ3) is 1.45. The zero-order chi connectivity index (χ0) is 7.40. The van der Waals surface area contributed by atoms with Crippen molar-refractivity contribution in [2.24, 2.45) is 5.73 Å². The average Bonchev–Trinajstić information content (AvgIpc) is 2.31. The minimum atomic E-state index is 0.574. The first-order chi connectivity index (χ1) is 4.84. The van der Waals surface area contributed by atoms with Gasteiger partial charge in [-0.1, -0.05) is 12.2 Å². The standard InChI is InChI=1S/C7H11N3/c1-6-7(3-2-4-8)5-9-10-6/h2-3,5H,4,8H2,1H3,(H,9,10). The largest absolute Gasteiger partial charge is 0.327 e. The fourth-order valence-corrected chi connectivity index (χ4v) is 0.723. The van der Waals surface area contributed by atoms with E-state index in [1.807, 2.05) is 19.1 Å². The van der Waals surface area contributed by atoms with E-state index in [1.54, 1.807) is 6.20 Å². The maximum absolute atomic E-state index is 5.28. The summed E-state index contributed by atoms with van der Waals surface area (Å²) in [6, 6.07) is 0. The number of nitrogens with two attached hydrogens (primary N) is 1. The molecule has 10 heavy (non-hydrogen) atoms. The minimum absolute atomic E-state index is 0.574. The Balaban J connectivity index is 2.74. The molecule has 0 saturated carbocycles. The first kappa shape index (κ1) is 7.02. The van der Waals surface area contributed by atoms with Crippen LogP contribution in [-0.2, 0) is 0 Å². The molecular weight excluding hydrogens is 126 g/mol. The molecule has 0 radical (unpaired) electrons. The Bertz CT molecular complexity index is 225. The van der Waals surface area contributed by atoms with Crippen molar-refractivity contribution in [2.45, 2.75) is 6.92 Å². The Labute approximate surface area is 59.9 Å². The van der Waals surface area contributed by atoms with Crippen LogP contribution in [-0.4, -0.2) is 16.7 Å². The summed E-state index contributed by atoms with van der Waals surface area (Å²) in [6.45, 7) is 2.55. The summed E-state index contributed by atoms with van der Waals surface area (Å²) in [5, 5.41) is 6.69. The van der Waals surface area contributed by atoms with Crippen molar-refractivity contribution in [3.63, 3.8) is 0 Å². The van der Waals surface area contributed by atoms with Crippen LogP contribution in [0.1, 0.15) is 11.3 Å². The van der Waals surface area contributed by atoms with Crippen LogP contribution in [0.4, 0.5) is 0 Å². The van der Waals surface area contributed by atoms with Gasteiger partial charge < -0.3 is 5.73 Å². The Morgan fingerprint density at radius 1 is 1.80 bits per heavy atom. The van der Waals surface area contributed by atoms with E-state index in [0.717, 1.165) is 11.3 Å². The third-order valence-electron chi connectivity index (χ3n) is 1.30. The molecule has 1 heterocycles. The quantitative estimate of drug-likeness (QED) is 0.630. The molecule has 3 N–H and O–H groups in total. The normalized spacial score (nSPS) is 11.0. The van der Waals surface area contributed by atoms with Crippen molar-refractivity contribution in [3.8, 4) is 0 Å². The zero-order valence-corrected chi connectivity index (χ0v) is 5.96. The van der Waals surface area contributed by atoms with E-state index in [-0.39, 0.29) is 0 Å². The number of H-pyrrole nitrogens is 1. The van der Waals surface area contributed by atoms with E-state index in [0.29, 0.717) is 6.54 Å². The molecule has 0 spiro atoms. The lowest BCUT2D eigenvalue weighted by Crippen LogP contribution is -1.91. The van der Waals surface area contributed by atoms with Crippen molar-refractivity contribution in [1.82, 2.24) is 10.2 Å². The van der Waals surface area contributed by atoms with Crippen LogP contribution < -0.4 is 5.73 Å².